The van der Waals surface area contributed by atoms with Gasteiger partial charge in [0.25, 0.3) is 5.88 Å². The fourth-order valence-corrected chi connectivity index (χ4v) is 1.82. The molecule has 2 aromatic rings. The Bertz CT molecular complexity index is 597. The summed E-state index contributed by atoms with van der Waals surface area (Å²) in [4.78, 5) is 7.73. The maximum absolute atomic E-state index is 13.6. The third-order valence-corrected chi connectivity index (χ3v) is 2.95. The van der Waals surface area contributed by atoms with Gasteiger partial charge < -0.3 is 10.1 Å². The first kappa shape index (κ1) is 14.0. The average molecular weight is 347 g/mol. The predicted octanol–water partition coefficient (Wildman–Crippen LogP) is 4.26. The molecule has 0 radical (unpaired) electrons. The van der Waals surface area contributed by atoms with Gasteiger partial charge in [0.15, 0.2) is 0 Å². The third-order valence-electron chi connectivity index (χ3n) is 2.15. The summed E-state index contributed by atoms with van der Waals surface area (Å²) < 4.78 is 19.7. The number of hydrogen-bond donors (Lipinski definition) is 1. The minimum absolute atomic E-state index is 0.175. The molecule has 0 aliphatic heterocycles. The number of benzene rings is 1. The standard InChI is InChI=1S/C12H10BrClFN3O/c1-2-16-12-17-6-9(15)11(18-12)19-10-5-7(13)3-4-8(10)14/h3-6H,2H2,1H3,(H,16,17,18). The van der Waals surface area contributed by atoms with Crippen LogP contribution in [-0.4, -0.2) is 16.5 Å². The van der Waals surface area contributed by atoms with E-state index in [-0.39, 0.29) is 5.88 Å². The smallest absolute Gasteiger partial charge is 0.260 e. The van der Waals surface area contributed by atoms with E-state index in [2.05, 4.69) is 31.2 Å². The number of ether oxygens (including phenoxy) is 1. The second-order valence-corrected chi connectivity index (χ2v) is 4.88. The molecule has 2 rings (SSSR count). The lowest BCUT2D eigenvalue weighted by molar-refractivity contribution is 0.420. The molecule has 0 unspecified atom stereocenters. The van der Waals surface area contributed by atoms with Crippen molar-refractivity contribution in [3.8, 4) is 11.6 Å². The molecule has 0 spiro atoms. The summed E-state index contributed by atoms with van der Waals surface area (Å²) in [5.74, 6) is -0.218. The van der Waals surface area contributed by atoms with Gasteiger partial charge in [0.2, 0.25) is 11.8 Å². The van der Waals surface area contributed by atoms with Gasteiger partial charge in [0, 0.05) is 11.0 Å². The molecule has 0 saturated heterocycles. The van der Waals surface area contributed by atoms with E-state index in [4.69, 9.17) is 16.3 Å². The van der Waals surface area contributed by atoms with Crippen molar-refractivity contribution < 1.29 is 9.13 Å². The van der Waals surface area contributed by atoms with Gasteiger partial charge in [-0.3, -0.25) is 0 Å². The van der Waals surface area contributed by atoms with Crippen LogP contribution in [0.5, 0.6) is 11.6 Å². The highest BCUT2D eigenvalue weighted by Gasteiger charge is 2.11. The molecule has 1 heterocycles. The Balaban J connectivity index is 2.31. The second kappa shape index (κ2) is 6.16. The van der Waals surface area contributed by atoms with Gasteiger partial charge in [-0.1, -0.05) is 27.5 Å². The van der Waals surface area contributed by atoms with Gasteiger partial charge >= 0.3 is 0 Å². The minimum atomic E-state index is -0.655. The Morgan fingerprint density at radius 1 is 1.47 bits per heavy atom. The summed E-state index contributed by atoms with van der Waals surface area (Å²) in [7, 11) is 0. The van der Waals surface area contributed by atoms with Crippen molar-refractivity contribution in [1.29, 1.82) is 0 Å². The molecule has 1 aromatic carbocycles. The van der Waals surface area contributed by atoms with Crippen molar-refractivity contribution >= 4 is 33.5 Å². The summed E-state index contributed by atoms with van der Waals surface area (Å²) in [5.41, 5.74) is 0. The lowest BCUT2D eigenvalue weighted by Crippen LogP contribution is -2.04. The van der Waals surface area contributed by atoms with Crippen LogP contribution in [-0.2, 0) is 0 Å². The number of anilines is 1. The van der Waals surface area contributed by atoms with Crippen molar-refractivity contribution in [1.82, 2.24) is 9.97 Å². The van der Waals surface area contributed by atoms with Crippen LogP contribution >= 0.6 is 27.5 Å². The number of aromatic nitrogens is 2. The molecule has 0 aliphatic carbocycles. The second-order valence-electron chi connectivity index (χ2n) is 3.55. The Hall–Kier alpha value is -1.40. The molecule has 1 N–H and O–H groups in total. The van der Waals surface area contributed by atoms with Crippen LogP contribution in [0.1, 0.15) is 6.92 Å². The predicted molar refractivity (Wildman–Crippen MR) is 75.4 cm³/mol. The molecule has 0 amide bonds. The Kier molecular flexibility index (Phi) is 4.55. The monoisotopic (exact) mass is 345 g/mol. The number of nitrogens with zero attached hydrogens (tertiary/aromatic N) is 2. The third kappa shape index (κ3) is 3.54. The summed E-state index contributed by atoms with van der Waals surface area (Å²) in [6, 6.07) is 5.04. The van der Waals surface area contributed by atoms with Gasteiger partial charge in [-0.15, -0.1) is 0 Å². The fourth-order valence-electron chi connectivity index (χ4n) is 1.33. The SMILES string of the molecule is CCNc1ncc(F)c(Oc2cc(Br)ccc2Cl)n1. The lowest BCUT2D eigenvalue weighted by Gasteiger charge is -2.09. The Morgan fingerprint density at radius 2 is 2.26 bits per heavy atom. The summed E-state index contributed by atoms with van der Waals surface area (Å²) in [6.45, 7) is 2.52. The first-order valence-corrected chi connectivity index (χ1v) is 6.66. The molecular formula is C12H10BrClFN3O. The van der Waals surface area contributed by atoms with Crippen LogP contribution in [0.15, 0.2) is 28.9 Å². The highest BCUT2D eigenvalue weighted by Crippen LogP contribution is 2.32. The molecule has 0 fully saturated rings. The van der Waals surface area contributed by atoms with Crippen molar-refractivity contribution in [2.45, 2.75) is 6.92 Å². The van der Waals surface area contributed by atoms with Crippen LogP contribution in [0.3, 0.4) is 0 Å². The molecular weight excluding hydrogens is 337 g/mol. The van der Waals surface area contributed by atoms with E-state index < -0.39 is 5.82 Å². The average Bonchev–Trinajstić information content (AvgIpc) is 2.38. The molecule has 4 nitrogen and oxygen atoms in total. The van der Waals surface area contributed by atoms with Crippen molar-refractivity contribution in [3.63, 3.8) is 0 Å². The lowest BCUT2D eigenvalue weighted by atomic mass is 10.3. The van der Waals surface area contributed by atoms with Crippen LogP contribution in [0.4, 0.5) is 10.3 Å². The fraction of sp³-hybridized carbons (Fsp3) is 0.167. The summed E-state index contributed by atoms with van der Waals surface area (Å²) in [6.07, 6.45) is 1.05. The maximum atomic E-state index is 13.6. The molecule has 0 atom stereocenters. The molecule has 19 heavy (non-hydrogen) atoms. The van der Waals surface area contributed by atoms with Gasteiger partial charge in [-0.2, -0.15) is 9.37 Å². The first-order chi connectivity index (χ1) is 9.10. The minimum Gasteiger partial charge on any atom is -0.435 e. The van der Waals surface area contributed by atoms with Gasteiger partial charge in [-0.05, 0) is 25.1 Å². The van der Waals surface area contributed by atoms with Gasteiger partial charge in [0.1, 0.15) is 5.75 Å². The van der Waals surface area contributed by atoms with Crippen molar-refractivity contribution in [2.75, 3.05) is 11.9 Å². The summed E-state index contributed by atoms with van der Waals surface area (Å²) in [5, 5.41) is 3.24. The zero-order valence-corrected chi connectivity index (χ0v) is 12.3. The normalized spacial score (nSPS) is 10.3. The van der Waals surface area contributed by atoms with Crippen LogP contribution in [0.25, 0.3) is 0 Å². The van der Waals surface area contributed by atoms with Crippen molar-refractivity contribution in [2.24, 2.45) is 0 Å². The van der Waals surface area contributed by atoms with E-state index in [9.17, 15) is 4.39 Å². The van der Waals surface area contributed by atoms with Gasteiger partial charge in [-0.25, -0.2) is 4.98 Å². The van der Waals surface area contributed by atoms with Gasteiger partial charge in [0.05, 0.1) is 11.2 Å². The molecule has 1 aromatic heterocycles. The van der Waals surface area contributed by atoms with Crippen LogP contribution < -0.4 is 10.1 Å². The first-order valence-electron chi connectivity index (χ1n) is 5.49. The largest absolute Gasteiger partial charge is 0.435 e. The number of hydrogen-bond acceptors (Lipinski definition) is 4. The quantitative estimate of drug-likeness (QED) is 0.899. The van der Waals surface area contributed by atoms with E-state index in [0.29, 0.717) is 23.3 Å². The van der Waals surface area contributed by atoms with E-state index in [1.807, 2.05) is 6.92 Å². The van der Waals surface area contributed by atoms with Crippen molar-refractivity contribution in [3.05, 3.63) is 39.7 Å². The number of nitrogens with one attached hydrogen (secondary N) is 1. The van der Waals surface area contributed by atoms with E-state index >= 15 is 0 Å². The number of rotatable bonds is 4. The molecule has 0 aliphatic rings. The maximum Gasteiger partial charge on any atom is 0.260 e. The molecule has 0 bridgehead atoms. The molecule has 7 heteroatoms. The van der Waals surface area contributed by atoms with E-state index in [0.717, 1.165) is 10.7 Å². The Labute approximate surface area is 123 Å². The zero-order chi connectivity index (χ0) is 13.8. The number of halogens is 3. The van der Waals surface area contributed by atoms with E-state index in [1.165, 1.54) is 0 Å². The van der Waals surface area contributed by atoms with E-state index in [1.54, 1.807) is 18.2 Å². The zero-order valence-electron chi connectivity index (χ0n) is 9.95. The molecule has 0 saturated carbocycles. The topological polar surface area (TPSA) is 47.0 Å². The highest BCUT2D eigenvalue weighted by molar-refractivity contribution is 9.10. The molecule has 100 valence electrons. The summed E-state index contributed by atoms with van der Waals surface area (Å²) >= 11 is 9.26. The highest BCUT2D eigenvalue weighted by atomic mass is 79.9. The van der Waals surface area contributed by atoms with Crippen LogP contribution in [0, 0.1) is 5.82 Å². The van der Waals surface area contributed by atoms with Crippen LogP contribution in [0.2, 0.25) is 5.02 Å². The Morgan fingerprint density at radius 3 is 3.00 bits per heavy atom.